The lowest BCUT2D eigenvalue weighted by atomic mass is 10.2. The molecule has 0 aliphatic carbocycles. The number of nitrogens with one attached hydrogen (secondary N) is 1. The Morgan fingerprint density at radius 3 is 2.95 bits per heavy atom. The highest BCUT2D eigenvalue weighted by Crippen LogP contribution is 2.30. The van der Waals surface area contributed by atoms with Crippen LogP contribution in [0.15, 0.2) is 18.5 Å². The molecule has 0 atom stereocenters. The molecule has 1 N–H and O–H groups in total. The van der Waals surface area contributed by atoms with Crippen LogP contribution in [0.4, 0.5) is 15.8 Å². The van der Waals surface area contributed by atoms with Gasteiger partial charge in [-0.15, -0.1) is 10.2 Å². The number of nitro benzene ring substituents is 1. The Kier molecular flexibility index (Phi) is 4.14. The lowest BCUT2D eigenvalue weighted by Crippen LogP contribution is -2.09. The molecule has 0 saturated heterocycles. The Hall–Kier alpha value is -2.22. The lowest BCUT2D eigenvalue weighted by Gasteiger charge is -2.08. The average Bonchev–Trinajstić information content (AvgIpc) is 2.86. The Bertz CT molecular complexity index is 646. The maximum Gasteiger partial charge on any atom is 0.294 e. The largest absolute Gasteiger partial charge is 0.372 e. The standard InChI is InChI=1S/C11H11ClFN5O2/c1-2-17-6-15-16-11(17)5-14-9-4-8(13)7(12)3-10(9)18(19)20/h3-4,6,14H,2,5H2,1H3. The van der Waals surface area contributed by atoms with E-state index in [0.717, 1.165) is 12.1 Å². The van der Waals surface area contributed by atoms with E-state index in [-0.39, 0.29) is 22.9 Å². The van der Waals surface area contributed by atoms with Crippen LogP contribution in [0.3, 0.4) is 0 Å². The zero-order chi connectivity index (χ0) is 14.7. The van der Waals surface area contributed by atoms with E-state index in [1.54, 1.807) is 10.9 Å². The van der Waals surface area contributed by atoms with E-state index in [1.165, 1.54) is 0 Å². The second-order valence-electron chi connectivity index (χ2n) is 3.93. The first kappa shape index (κ1) is 14.2. The Morgan fingerprint density at radius 2 is 2.30 bits per heavy atom. The molecule has 7 nitrogen and oxygen atoms in total. The monoisotopic (exact) mass is 299 g/mol. The van der Waals surface area contributed by atoms with E-state index in [2.05, 4.69) is 15.5 Å². The minimum Gasteiger partial charge on any atom is -0.372 e. The molecule has 0 amide bonds. The normalized spacial score (nSPS) is 10.6. The van der Waals surface area contributed by atoms with Crippen molar-refractivity contribution in [2.45, 2.75) is 20.0 Å². The van der Waals surface area contributed by atoms with Crippen molar-refractivity contribution >= 4 is 23.0 Å². The molecule has 1 aromatic heterocycles. The minimum absolute atomic E-state index is 0.0440. The molecule has 1 aromatic carbocycles. The third-order valence-electron chi connectivity index (χ3n) is 2.71. The van der Waals surface area contributed by atoms with Crippen molar-refractivity contribution in [3.8, 4) is 0 Å². The summed E-state index contributed by atoms with van der Waals surface area (Å²) in [4.78, 5) is 10.3. The number of nitrogens with zero attached hydrogens (tertiary/aromatic N) is 4. The molecule has 0 bridgehead atoms. The van der Waals surface area contributed by atoms with Crippen molar-refractivity contribution in [3.05, 3.63) is 45.2 Å². The van der Waals surface area contributed by atoms with Crippen LogP contribution in [-0.4, -0.2) is 19.7 Å². The van der Waals surface area contributed by atoms with Gasteiger partial charge in [-0.05, 0) is 6.92 Å². The fourth-order valence-corrected chi connectivity index (χ4v) is 1.84. The highest BCUT2D eigenvalue weighted by molar-refractivity contribution is 6.31. The smallest absolute Gasteiger partial charge is 0.294 e. The number of nitro groups is 1. The van der Waals surface area contributed by atoms with Crippen molar-refractivity contribution in [2.24, 2.45) is 0 Å². The molecule has 2 aromatic rings. The molecular formula is C11H11ClFN5O2. The van der Waals surface area contributed by atoms with Crippen molar-refractivity contribution in [3.63, 3.8) is 0 Å². The maximum absolute atomic E-state index is 13.4. The number of halogens is 2. The van der Waals surface area contributed by atoms with Crippen molar-refractivity contribution in [2.75, 3.05) is 5.32 Å². The second-order valence-corrected chi connectivity index (χ2v) is 4.33. The first-order valence-corrected chi connectivity index (χ1v) is 6.14. The van der Waals surface area contributed by atoms with Gasteiger partial charge in [0.15, 0.2) is 5.82 Å². The van der Waals surface area contributed by atoms with Crippen LogP contribution in [0, 0.1) is 15.9 Å². The predicted molar refractivity (Wildman–Crippen MR) is 71.1 cm³/mol. The summed E-state index contributed by atoms with van der Waals surface area (Å²) in [6.45, 7) is 2.77. The second kappa shape index (κ2) is 5.83. The molecule has 9 heteroatoms. The molecule has 1 heterocycles. The van der Waals surface area contributed by atoms with Crippen LogP contribution in [0.5, 0.6) is 0 Å². The quantitative estimate of drug-likeness (QED) is 0.677. The van der Waals surface area contributed by atoms with Crippen LogP contribution < -0.4 is 5.32 Å². The van der Waals surface area contributed by atoms with Crippen molar-refractivity contribution < 1.29 is 9.31 Å². The van der Waals surface area contributed by atoms with E-state index in [4.69, 9.17) is 11.6 Å². The molecule has 0 aliphatic heterocycles. The summed E-state index contributed by atoms with van der Waals surface area (Å²) in [6.07, 6.45) is 1.55. The van der Waals surface area contributed by atoms with E-state index >= 15 is 0 Å². The van der Waals surface area contributed by atoms with Gasteiger partial charge in [0.1, 0.15) is 17.8 Å². The molecule has 0 radical (unpaired) electrons. The van der Waals surface area contributed by atoms with Gasteiger partial charge in [0, 0.05) is 18.7 Å². The fraction of sp³-hybridized carbons (Fsp3) is 0.273. The highest BCUT2D eigenvalue weighted by Gasteiger charge is 2.18. The first-order chi connectivity index (χ1) is 9.52. The third kappa shape index (κ3) is 2.85. The molecule has 0 fully saturated rings. The van der Waals surface area contributed by atoms with E-state index < -0.39 is 10.7 Å². The Labute approximate surface area is 118 Å². The number of hydrogen-bond acceptors (Lipinski definition) is 5. The predicted octanol–water partition coefficient (Wildman–Crippen LogP) is 2.61. The molecular weight excluding hydrogens is 289 g/mol. The van der Waals surface area contributed by atoms with Gasteiger partial charge in [-0.2, -0.15) is 0 Å². The topological polar surface area (TPSA) is 85.9 Å². The van der Waals surface area contributed by atoms with Gasteiger partial charge in [-0.25, -0.2) is 4.39 Å². The maximum atomic E-state index is 13.4. The Morgan fingerprint density at radius 1 is 1.55 bits per heavy atom. The zero-order valence-corrected chi connectivity index (χ0v) is 11.3. The van der Waals surface area contributed by atoms with Crippen LogP contribution in [-0.2, 0) is 13.1 Å². The van der Waals surface area contributed by atoms with Crippen molar-refractivity contribution in [1.29, 1.82) is 0 Å². The van der Waals surface area contributed by atoms with Crippen LogP contribution in [0.2, 0.25) is 5.02 Å². The van der Waals surface area contributed by atoms with Crippen LogP contribution in [0.1, 0.15) is 12.7 Å². The molecule has 2 rings (SSSR count). The summed E-state index contributed by atoms with van der Waals surface area (Å²) in [6, 6.07) is 1.97. The summed E-state index contributed by atoms with van der Waals surface area (Å²) < 4.78 is 15.2. The van der Waals surface area contributed by atoms with Crippen molar-refractivity contribution in [1.82, 2.24) is 14.8 Å². The molecule has 0 unspecified atom stereocenters. The van der Waals surface area contributed by atoms with Gasteiger partial charge >= 0.3 is 0 Å². The van der Waals surface area contributed by atoms with Gasteiger partial charge in [0.25, 0.3) is 5.69 Å². The fourth-order valence-electron chi connectivity index (χ4n) is 1.68. The first-order valence-electron chi connectivity index (χ1n) is 5.77. The molecule has 0 aliphatic rings. The molecule has 0 spiro atoms. The summed E-state index contributed by atoms with van der Waals surface area (Å²) in [5.41, 5.74) is -0.249. The zero-order valence-electron chi connectivity index (χ0n) is 10.5. The van der Waals surface area contributed by atoms with Gasteiger partial charge < -0.3 is 9.88 Å². The number of hydrogen-bond donors (Lipinski definition) is 1. The number of aromatic nitrogens is 3. The van der Waals surface area contributed by atoms with Gasteiger partial charge in [-0.3, -0.25) is 10.1 Å². The number of benzene rings is 1. The highest BCUT2D eigenvalue weighted by atomic mass is 35.5. The van der Waals surface area contributed by atoms with Crippen LogP contribution in [0.25, 0.3) is 0 Å². The third-order valence-corrected chi connectivity index (χ3v) is 3.00. The Balaban J connectivity index is 2.25. The molecule has 106 valence electrons. The van der Waals surface area contributed by atoms with Gasteiger partial charge in [0.05, 0.1) is 16.5 Å². The summed E-state index contributed by atoms with van der Waals surface area (Å²) in [7, 11) is 0. The average molecular weight is 300 g/mol. The van der Waals surface area contributed by atoms with Crippen LogP contribution >= 0.6 is 11.6 Å². The molecule has 0 saturated carbocycles. The van der Waals surface area contributed by atoms with Gasteiger partial charge in [-0.1, -0.05) is 11.6 Å². The number of anilines is 1. The van der Waals surface area contributed by atoms with E-state index in [1.807, 2.05) is 6.92 Å². The van der Waals surface area contributed by atoms with E-state index in [9.17, 15) is 14.5 Å². The summed E-state index contributed by atoms with van der Waals surface area (Å²) in [5.74, 6) is -0.131. The van der Waals surface area contributed by atoms with Gasteiger partial charge in [0.2, 0.25) is 0 Å². The minimum atomic E-state index is -0.725. The number of rotatable bonds is 5. The molecule has 20 heavy (non-hydrogen) atoms. The SMILES string of the molecule is CCn1cnnc1CNc1cc(F)c(Cl)cc1[N+](=O)[O-]. The summed E-state index contributed by atoms with van der Waals surface area (Å²) >= 11 is 5.54. The van der Waals surface area contributed by atoms with E-state index in [0.29, 0.717) is 12.4 Å². The lowest BCUT2D eigenvalue weighted by molar-refractivity contribution is -0.384. The number of aryl methyl sites for hydroxylation is 1. The summed E-state index contributed by atoms with van der Waals surface area (Å²) in [5, 5.41) is 21.0.